The summed E-state index contributed by atoms with van der Waals surface area (Å²) in [5, 5.41) is 10.4. The molecular weight excluding hydrogens is 348 g/mol. The highest BCUT2D eigenvalue weighted by molar-refractivity contribution is 5.83. The Morgan fingerprint density at radius 3 is 2.07 bits per heavy atom. The number of aliphatic carboxylic acids is 1. The van der Waals surface area contributed by atoms with Crippen molar-refractivity contribution in [2.24, 2.45) is 11.3 Å². The third kappa shape index (κ3) is 2.65. The predicted octanol–water partition coefficient (Wildman–Crippen LogP) is 3.26. The number of carboxylic acids is 1. The van der Waals surface area contributed by atoms with Crippen molar-refractivity contribution in [2.45, 2.75) is 38.4 Å². The number of ether oxygens (including phenoxy) is 4. The van der Waals surface area contributed by atoms with Gasteiger partial charge in [-0.05, 0) is 43.5 Å². The molecule has 1 N–H and O–H groups in total. The second-order valence-corrected chi connectivity index (χ2v) is 7.39. The largest absolute Gasteiger partial charge is 0.497 e. The Morgan fingerprint density at radius 1 is 1.04 bits per heavy atom. The highest BCUT2D eigenvalue weighted by Gasteiger charge is 2.66. The number of hydrogen-bond donors (Lipinski definition) is 1. The van der Waals surface area contributed by atoms with E-state index in [2.05, 4.69) is 0 Å². The van der Waals surface area contributed by atoms with Crippen LogP contribution in [-0.2, 0) is 14.3 Å². The van der Waals surface area contributed by atoms with Crippen molar-refractivity contribution in [2.75, 3.05) is 28.4 Å². The van der Waals surface area contributed by atoms with Gasteiger partial charge in [0.05, 0.1) is 26.4 Å². The van der Waals surface area contributed by atoms with Gasteiger partial charge in [0.2, 0.25) is 0 Å². The first-order chi connectivity index (χ1) is 12.9. The maximum atomic E-state index is 12.7. The molecular formula is C21H28O6. The first-order valence-corrected chi connectivity index (χ1v) is 9.06. The molecule has 2 bridgehead atoms. The van der Waals surface area contributed by atoms with Crippen molar-refractivity contribution in [1.29, 1.82) is 0 Å². The molecule has 0 aliphatic heterocycles. The lowest BCUT2D eigenvalue weighted by Gasteiger charge is -2.44. The second-order valence-electron chi connectivity index (χ2n) is 7.39. The number of carbonyl (C=O) groups is 1. The number of fused-ring (bicyclic) bond motifs is 2. The SMILES string of the molecule is COc1cc(OC)cc(C2CC3C(OC)C(C)=C(C)C2(C(=O)O)C3OC)c1. The van der Waals surface area contributed by atoms with Gasteiger partial charge in [-0.3, -0.25) is 4.79 Å². The Labute approximate surface area is 160 Å². The fourth-order valence-corrected chi connectivity index (χ4v) is 5.31. The standard InChI is InChI=1S/C21H28O6/c1-11-12(2)21(20(22)23)17(10-16(18(11)26-5)19(21)27-6)13-7-14(24-3)9-15(8-13)25-4/h7-9,16-19H,10H2,1-6H3,(H,22,23). The maximum absolute atomic E-state index is 12.7. The molecule has 148 valence electrons. The first-order valence-electron chi connectivity index (χ1n) is 9.06. The molecule has 0 heterocycles. The summed E-state index contributed by atoms with van der Waals surface area (Å²) in [6, 6.07) is 5.59. The van der Waals surface area contributed by atoms with E-state index in [9.17, 15) is 9.90 Å². The van der Waals surface area contributed by atoms with Crippen molar-refractivity contribution >= 4 is 5.97 Å². The van der Waals surface area contributed by atoms with Gasteiger partial charge in [-0.2, -0.15) is 0 Å². The molecule has 3 rings (SSSR count). The maximum Gasteiger partial charge on any atom is 0.317 e. The minimum absolute atomic E-state index is 0.0398. The predicted molar refractivity (Wildman–Crippen MR) is 100 cm³/mol. The summed E-state index contributed by atoms with van der Waals surface area (Å²) in [5.41, 5.74) is 1.53. The summed E-state index contributed by atoms with van der Waals surface area (Å²) in [4.78, 5) is 12.7. The van der Waals surface area contributed by atoms with E-state index in [-0.39, 0.29) is 17.9 Å². The monoisotopic (exact) mass is 376 g/mol. The van der Waals surface area contributed by atoms with Crippen LogP contribution in [0.4, 0.5) is 0 Å². The van der Waals surface area contributed by atoms with Crippen LogP contribution in [0.5, 0.6) is 11.5 Å². The Kier molecular flexibility index (Phi) is 5.23. The summed E-state index contributed by atoms with van der Waals surface area (Å²) < 4.78 is 22.4. The zero-order chi connectivity index (χ0) is 19.9. The molecule has 0 saturated heterocycles. The van der Waals surface area contributed by atoms with E-state index in [0.29, 0.717) is 17.9 Å². The zero-order valence-corrected chi connectivity index (χ0v) is 16.7. The fourth-order valence-electron chi connectivity index (χ4n) is 5.31. The number of benzene rings is 1. The van der Waals surface area contributed by atoms with Gasteiger partial charge in [-0.1, -0.05) is 5.57 Å². The van der Waals surface area contributed by atoms with Gasteiger partial charge in [0.25, 0.3) is 0 Å². The van der Waals surface area contributed by atoms with Gasteiger partial charge in [0.15, 0.2) is 0 Å². The molecule has 1 aromatic rings. The van der Waals surface area contributed by atoms with E-state index >= 15 is 0 Å². The van der Waals surface area contributed by atoms with Gasteiger partial charge in [0, 0.05) is 32.1 Å². The van der Waals surface area contributed by atoms with E-state index in [1.807, 2.05) is 26.0 Å². The Hall–Kier alpha value is -2.05. The average Bonchev–Trinajstić information content (AvgIpc) is 2.98. The van der Waals surface area contributed by atoms with Crippen molar-refractivity contribution < 1.29 is 28.8 Å². The van der Waals surface area contributed by atoms with E-state index < -0.39 is 17.5 Å². The Bertz CT molecular complexity index is 748. The van der Waals surface area contributed by atoms with Crippen LogP contribution in [-0.4, -0.2) is 51.7 Å². The third-order valence-electron chi connectivity index (χ3n) is 6.56. The lowest BCUT2D eigenvalue weighted by Crippen LogP contribution is -2.51. The summed E-state index contributed by atoms with van der Waals surface area (Å²) in [7, 11) is 6.44. The number of hydrogen-bond acceptors (Lipinski definition) is 5. The summed E-state index contributed by atoms with van der Waals surface area (Å²) in [6.07, 6.45) is 0.0275. The molecule has 0 radical (unpaired) electrons. The molecule has 1 aromatic carbocycles. The van der Waals surface area contributed by atoms with Crippen molar-refractivity contribution in [3.05, 3.63) is 34.9 Å². The van der Waals surface area contributed by atoms with Gasteiger partial charge in [0.1, 0.15) is 16.9 Å². The van der Waals surface area contributed by atoms with E-state index in [1.54, 1.807) is 34.5 Å². The first kappa shape index (κ1) is 19.7. The van der Waals surface area contributed by atoms with Crippen LogP contribution >= 0.6 is 0 Å². The quantitative estimate of drug-likeness (QED) is 0.768. The third-order valence-corrected chi connectivity index (χ3v) is 6.56. The number of methoxy groups -OCH3 is 4. The Morgan fingerprint density at radius 2 is 1.63 bits per heavy atom. The topological polar surface area (TPSA) is 74.2 Å². The van der Waals surface area contributed by atoms with Crippen LogP contribution in [0.25, 0.3) is 0 Å². The highest BCUT2D eigenvalue weighted by Crippen LogP contribution is 2.63. The number of carboxylic acid groups (broad SMARTS) is 1. The van der Waals surface area contributed by atoms with Crippen molar-refractivity contribution in [3.63, 3.8) is 0 Å². The van der Waals surface area contributed by atoms with Crippen LogP contribution in [0.1, 0.15) is 31.7 Å². The van der Waals surface area contributed by atoms with Crippen molar-refractivity contribution in [3.8, 4) is 11.5 Å². The average molecular weight is 376 g/mol. The molecule has 0 amide bonds. The second kappa shape index (κ2) is 7.17. The molecule has 0 aromatic heterocycles. The lowest BCUT2D eigenvalue weighted by atomic mass is 9.64. The molecule has 27 heavy (non-hydrogen) atoms. The number of rotatable bonds is 6. The molecule has 2 aliphatic carbocycles. The van der Waals surface area contributed by atoms with Crippen LogP contribution in [0.15, 0.2) is 29.3 Å². The van der Waals surface area contributed by atoms with Crippen LogP contribution in [0.2, 0.25) is 0 Å². The molecule has 0 spiro atoms. The molecule has 1 saturated carbocycles. The van der Waals surface area contributed by atoms with Gasteiger partial charge >= 0.3 is 5.97 Å². The molecule has 5 unspecified atom stereocenters. The minimum atomic E-state index is -1.14. The van der Waals surface area contributed by atoms with E-state index in [4.69, 9.17) is 18.9 Å². The summed E-state index contributed by atoms with van der Waals surface area (Å²) in [6.45, 7) is 3.86. The van der Waals surface area contributed by atoms with Crippen LogP contribution in [0, 0.1) is 11.3 Å². The molecule has 6 heteroatoms. The van der Waals surface area contributed by atoms with Gasteiger partial charge in [-0.15, -0.1) is 0 Å². The van der Waals surface area contributed by atoms with E-state index in [1.165, 1.54) is 0 Å². The molecule has 1 fully saturated rings. The summed E-state index contributed by atoms with van der Waals surface area (Å²) in [5.74, 6) is 0.102. The normalized spacial score (nSPS) is 32.5. The van der Waals surface area contributed by atoms with Crippen LogP contribution in [0.3, 0.4) is 0 Å². The van der Waals surface area contributed by atoms with Crippen LogP contribution < -0.4 is 9.47 Å². The summed E-state index contributed by atoms with van der Waals surface area (Å²) >= 11 is 0. The van der Waals surface area contributed by atoms with Crippen molar-refractivity contribution in [1.82, 2.24) is 0 Å². The smallest absolute Gasteiger partial charge is 0.317 e. The van der Waals surface area contributed by atoms with Gasteiger partial charge < -0.3 is 24.1 Å². The minimum Gasteiger partial charge on any atom is -0.497 e. The lowest BCUT2D eigenvalue weighted by molar-refractivity contribution is -0.157. The fraction of sp³-hybridized carbons (Fsp3) is 0.571. The zero-order valence-electron chi connectivity index (χ0n) is 16.7. The molecule has 5 atom stereocenters. The van der Waals surface area contributed by atoms with Gasteiger partial charge in [-0.25, -0.2) is 0 Å². The Balaban J connectivity index is 2.25. The molecule has 6 nitrogen and oxygen atoms in total. The highest BCUT2D eigenvalue weighted by atomic mass is 16.5. The molecule has 2 aliphatic rings. The van der Waals surface area contributed by atoms with E-state index in [0.717, 1.165) is 16.7 Å².